The van der Waals surface area contributed by atoms with Crippen molar-refractivity contribution in [3.8, 4) is 0 Å². The van der Waals surface area contributed by atoms with Crippen LogP contribution >= 0.6 is 0 Å². The number of nitrogens with zero attached hydrogens (tertiary/aromatic N) is 4. The quantitative estimate of drug-likeness (QED) is 0.800. The van der Waals surface area contributed by atoms with E-state index in [9.17, 15) is 0 Å². The van der Waals surface area contributed by atoms with Gasteiger partial charge in [0.05, 0.1) is 0 Å². The van der Waals surface area contributed by atoms with Crippen LogP contribution < -0.4 is 5.32 Å². The highest BCUT2D eigenvalue weighted by Crippen LogP contribution is 2.23. The zero-order valence-corrected chi connectivity index (χ0v) is 12.0. The first kappa shape index (κ1) is 12.3. The van der Waals surface area contributed by atoms with Crippen LogP contribution in [0, 0.1) is 6.92 Å². The number of fused-ring (bicyclic) bond motifs is 2. The number of aromatic nitrogens is 4. The molecule has 1 aliphatic rings. The Balaban J connectivity index is 1.59. The van der Waals surface area contributed by atoms with Crippen molar-refractivity contribution >= 4 is 11.6 Å². The summed E-state index contributed by atoms with van der Waals surface area (Å²) < 4.78 is 1.74. The highest BCUT2D eigenvalue weighted by molar-refractivity contribution is 5.45. The van der Waals surface area contributed by atoms with Gasteiger partial charge in [0.15, 0.2) is 0 Å². The van der Waals surface area contributed by atoms with Crippen molar-refractivity contribution in [2.24, 2.45) is 0 Å². The molecule has 2 heterocycles. The molecule has 2 aromatic heterocycles. The van der Waals surface area contributed by atoms with Gasteiger partial charge in [-0.3, -0.25) is 0 Å². The van der Waals surface area contributed by atoms with Crippen LogP contribution in [-0.2, 0) is 19.4 Å². The lowest BCUT2D eigenvalue weighted by atomic mass is 10.1. The number of rotatable bonds is 3. The molecule has 1 aromatic carbocycles. The fourth-order valence-corrected chi connectivity index (χ4v) is 2.98. The van der Waals surface area contributed by atoms with Gasteiger partial charge in [-0.15, -0.1) is 0 Å². The van der Waals surface area contributed by atoms with Gasteiger partial charge in [0.1, 0.15) is 12.1 Å². The Morgan fingerprint density at radius 2 is 2.10 bits per heavy atom. The second-order valence-corrected chi connectivity index (χ2v) is 5.56. The molecule has 0 saturated heterocycles. The topological polar surface area (TPSA) is 55.1 Å². The Morgan fingerprint density at radius 1 is 1.19 bits per heavy atom. The fraction of sp³-hybridized carbons (Fsp3) is 0.312. The van der Waals surface area contributed by atoms with Crippen molar-refractivity contribution in [1.29, 1.82) is 0 Å². The Labute approximate surface area is 123 Å². The molecule has 21 heavy (non-hydrogen) atoms. The van der Waals surface area contributed by atoms with Crippen LogP contribution in [0.5, 0.6) is 0 Å². The minimum atomic E-state index is 0.631. The van der Waals surface area contributed by atoms with Gasteiger partial charge in [0.2, 0.25) is 0 Å². The number of benzene rings is 1. The van der Waals surface area contributed by atoms with Gasteiger partial charge in [-0.05, 0) is 42.9 Å². The van der Waals surface area contributed by atoms with Crippen molar-refractivity contribution in [2.75, 3.05) is 5.32 Å². The van der Waals surface area contributed by atoms with Gasteiger partial charge in [0.25, 0.3) is 5.78 Å². The van der Waals surface area contributed by atoms with Crippen LogP contribution in [0.2, 0.25) is 0 Å². The monoisotopic (exact) mass is 279 g/mol. The minimum Gasteiger partial charge on any atom is -0.366 e. The first-order valence-corrected chi connectivity index (χ1v) is 7.31. The molecule has 0 saturated carbocycles. The molecule has 4 rings (SSSR count). The minimum absolute atomic E-state index is 0.631. The first-order chi connectivity index (χ1) is 10.3. The zero-order valence-electron chi connectivity index (χ0n) is 12.0. The lowest BCUT2D eigenvalue weighted by molar-refractivity contribution is 0.910. The van der Waals surface area contributed by atoms with Crippen molar-refractivity contribution in [3.63, 3.8) is 0 Å². The summed E-state index contributed by atoms with van der Waals surface area (Å²) in [5.41, 5.74) is 5.26. The van der Waals surface area contributed by atoms with Crippen molar-refractivity contribution < 1.29 is 0 Å². The van der Waals surface area contributed by atoms with Crippen LogP contribution in [0.4, 0.5) is 5.82 Å². The number of aryl methyl sites for hydroxylation is 3. The molecule has 5 heteroatoms. The summed E-state index contributed by atoms with van der Waals surface area (Å²) in [5.74, 6) is 1.56. The number of hydrogen-bond donors (Lipinski definition) is 1. The second-order valence-electron chi connectivity index (χ2n) is 5.56. The maximum atomic E-state index is 4.35. The molecule has 0 bridgehead atoms. The van der Waals surface area contributed by atoms with Crippen molar-refractivity contribution in [1.82, 2.24) is 19.6 Å². The normalized spacial score (nSPS) is 13.6. The van der Waals surface area contributed by atoms with Crippen molar-refractivity contribution in [3.05, 3.63) is 53.0 Å². The average molecular weight is 279 g/mol. The smallest absolute Gasteiger partial charge is 0.254 e. The molecule has 106 valence electrons. The summed E-state index contributed by atoms with van der Waals surface area (Å²) in [6, 6.07) is 8.79. The molecule has 3 aromatic rings. The lowest BCUT2D eigenvalue weighted by Crippen LogP contribution is -2.07. The number of anilines is 1. The van der Waals surface area contributed by atoms with Gasteiger partial charge in [-0.2, -0.15) is 14.6 Å². The highest BCUT2D eigenvalue weighted by Gasteiger charge is 2.11. The Morgan fingerprint density at radius 3 is 3.05 bits per heavy atom. The van der Waals surface area contributed by atoms with Crippen LogP contribution in [-0.4, -0.2) is 19.6 Å². The van der Waals surface area contributed by atoms with E-state index >= 15 is 0 Å². The van der Waals surface area contributed by atoms with E-state index in [0.717, 1.165) is 18.1 Å². The summed E-state index contributed by atoms with van der Waals surface area (Å²) in [6.07, 6.45) is 5.26. The number of nitrogens with one attached hydrogen (secondary N) is 1. The molecular weight excluding hydrogens is 262 g/mol. The molecule has 1 aliphatic carbocycles. The Kier molecular flexibility index (Phi) is 2.84. The molecule has 0 aliphatic heterocycles. The molecule has 0 radical (unpaired) electrons. The largest absolute Gasteiger partial charge is 0.366 e. The fourth-order valence-electron chi connectivity index (χ4n) is 2.98. The van der Waals surface area contributed by atoms with E-state index in [1.807, 2.05) is 13.0 Å². The SMILES string of the molecule is Cc1cc(NCc2ccc3c(c2)CCC3)n2ncnc2n1. The molecule has 0 unspecified atom stereocenters. The van der Waals surface area contributed by atoms with Crippen LogP contribution in [0.25, 0.3) is 5.78 Å². The molecule has 0 fully saturated rings. The molecule has 0 atom stereocenters. The zero-order chi connectivity index (χ0) is 14.2. The third-order valence-corrected chi connectivity index (χ3v) is 4.02. The van der Waals surface area contributed by atoms with E-state index < -0.39 is 0 Å². The van der Waals surface area contributed by atoms with Crippen LogP contribution in [0.3, 0.4) is 0 Å². The lowest BCUT2D eigenvalue weighted by Gasteiger charge is -2.10. The van der Waals surface area contributed by atoms with E-state index in [-0.39, 0.29) is 0 Å². The van der Waals surface area contributed by atoms with E-state index in [0.29, 0.717) is 5.78 Å². The van der Waals surface area contributed by atoms with E-state index in [2.05, 4.69) is 38.6 Å². The number of hydrogen-bond acceptors (Lipinski definition) is 4. The maximum absolute atomic E-state index is 4.35. The Bertz CT molecular complexity index is 806. The molecule has 0 amide bonds. The standard InChI is InChI=1S/C16H17N5/c1-11-7-15(21-16(20-11)18-10-19-21)17-9-12-5-6-13-3-2-4-14(13)8-12/h5-8,10,17H,2-4,9H2,1H3. The molecule has 0 spiro atoms. The first-order valence-electron chi connectivity index (χ1n) is 7.31. The van der Waals surface area contributed by atoms with E-state index in [1.165, 1.54) is 42.3 Å². The molecular formula is C16H17N5. The highest BCUT2D eigenvalue weighted by atomic mass is 15.3. The van der Waals surface area contributed by atoms with Gasteiger partial charge < -0.3 is 5.32 Å². The average Bonchev–Trinajstić information content (AvgIpc) is 3.12. The summed E-state index contributed by atoms with van der Waals surface area (Å²) in [4.78, 5) is 8.49. The van der Waals surface area contributed by atoms with Crippen LogP contribution in [0.1, 0.15) is 28.8 Å². The second kappa shape index (κ2) is 4.84. The predicted molar refractivity (Wildman–Crippen MR) is 81.3 cm³/mol. The van der Waals surface area contributed by atoms with Gasteiger partial charge in [-0.1, -0.05) is 18.2 Å². The summed E-state index contributed by atoms with van der Waals surface area (Å²) in [5, 5.41) is 7.65. The van der Waals surface area contributed by atoms with Crippen LogP contribution in [0.15, 0.2) is 30.6 Å². The van der Waals surface area contributed by atoms with E-state index in [1.54, 1.807) is 4.52 Å². The van der Waals surface area contributed by atoms with Gasteiger partial charge >= 0.3 is 0 Å². The molecule has 5 nitrogen and oxygen atoms in total. The van der Waals surface area contributed by atoms with Crippen molar-refractivity contribution in [2.45, 2.75) is 32.7 Å². The third-order valence-electron chi connectivity index (χ3n) is 4.02. The molecule has 1 N–H and O–H groups in total. The summed E-state index contributed by atoms with van der Waals surface area (Å²) in [6.45, 7) is 2.75. The third kappa shape index (κ3) is 2.24. The predicted octanol–water partition coefficient (Wildman–Crippen LogP) is 2.53. The van der Waals surface area contributed by atoms with Gasteiger partial charge in [-0.25, -0.2) is 4.98 Å². The van der Waals surface area contributed by atoms with E-state index in [4.69, 9.17) is 0 Å². The summed E-state index contributed by atoms with van der Waals surface area (Å²) >= 11 is 0. The summed E-state index contributed by atoms with van der Waals surface area (Å²) in [7, 11) is 0. The maximum Gasteiger partial charge on any atom is 0.254 e. The van der Waals surface area contributed by atoms with Gasteiger partial charge in [0, 0.05) is 18.3 Å². The Hall–Kier alpha value is -2.43.